The first kappa shape index (κ1) is 14.1. The largest absolute Gasteiger partial charge is 0.507 e. The van der Waals surface area contributed by atoms with Crippen LogP contribution in [-0.2, 0) is 13.1 Å². The Kier molecular flexibility index (Phi) is 2.73. The SMILES string of the molecule is Cc1cc2c(c(C)c1O)N1Cc3cc(N)c(O)c(C)c3N(C2)C1. The van der Waals surface area contributed by atoms with Crippen molar-refractivity contribution in [3.05, 3.63) is 39.9 Å². The summed E-state index contributed by atoms with van der Waals surface area (Å²) in [5.41, 5.74) is 13.6. The van der Waals surface area contributed by atoms with Gasteiger partial charge in [0.05, 0.1) is 23.7 Å². The highest BCUT2D eigenvalue weighted by Crippen LogP contribution is 2.46. The van der Waals surface area contributed by atoms with Crippen molar-refractivity contribution in [2.75, 3.05) is 22.2 Å². The molecule has 0 radical (unpaired) electrons. The molecule has 2 aliphatic heterocycles. The van der Waals surface area contributed by atoms with Crippen LogP contribution in [0.25, 0.3) is 0 Å². The molecule has 0 saturated carbocycles. The lowest BCUT2D eigenvalue weighted by atomic mass is 9.94. The zero-order chi connectivity index (χ0) is 16.5. The Bertz CT molecular complexity index is 776. The Morgan fingerprint density at radius 3 is 2.00 bits per heavy atom. The van der Waals surface area contributed by atoms with Crippen LogP contribution in [0, 0.1) is 20.8 Å². The van der Waals surface area contributed by atoms with Crippen molar-refractivity contribution in [1.82, 2.24) is 0 Å². The van der Waals surface area contributed by atoms with Gasteiger partial charge in [0.1, 0.15) is 11.5 Å². The van der Waals surface area contributed by atoms with Crippen molar-refractivity contribution in [1.29, 1.82) is 0 Å². The summed E-state index contributed by atoms with van der Waals surface area (Å²) < 4.78 is 0. The summed E-state index contributed by atoms with van der Waals surface area (Å²) in [7, 11) is 0. The highest BCUT2D eigenvalue weighted by molar-refractivity contribution is 5.78. The van der Waals surface area contributed by atoms with E-state index in [9.17, 15) is 10.2 Å². The monoisotopic (exact) mass is 311 g/mol. The topological polar surface area (TPSA) is 73.0 Å². The Labute approximate surface area is 135 Å². The van der Waals surface area contributed by atoms with Crippen molar-refractivity contribution < 1.29 is 10.2 Å². The lowest BCUT2D eigenvalue weighted by molar-refractivity contribution is 0.465. The average Bonchev–Trinajstić information content (AvgIpc) is 2.50. The number of phenolic OH excluding ortho intramolecular Hbond substituents is 2. The van der Waals surface area contributed by atoms with Crippen molar-refractivity contribution >= 4 is 17.1 Å². The van der Waals surface area contributed by atoms with Crippen LogP contribution < -0.4 is 15.5 Å². The number of fused-ring (bicyclic) bond motifs is 6. The van der Waals surface area contributed by atoms with Crippen LogP contribution in [0.4, 0.5) is 17.1 Å². The summed E-state index contributed by atoms with van der Waals surface area (Å²) in [5, 5.41) is 20.5. The zero-order valence-electron chi connectivity index (χ0n) is 13.6. The molecule has 5 nitrogen and oxygen atoms in total. The number of nitrogens with two attached hydrogens (primary N) is 1. The van der Waals surface area contributed by atoms with E-state index in [1.54, 1.807) is 0 Å². The van der Waals surface area contributed by atoms with Crippen LogP contribution in [0.15, 0.2) is 12.1 Å². The van der Waals surface area contributed by atoms with Gasteiger partial charge in [0.2, 0.25) is 0 Å². The van der Waals surface area contributed by atoms with Gasteiger partial charge in [0.15, 0.2) is 0 Å². The van der Waals surface area contributed by atoms with E-state index in [1.807, 2.05) is 26.8 Å². The average molecular weight is 311 g/mol. The van der Waals surface area contributed by atoms with Crippen molar-refractivity contribution in [3.63, 3.8) is 0 Å². The van der Waals surface area contributed by atoms with Gasteiger partial charge in [-0.3, -0.25) is 0 Å². The third-order valence-corrected chi connectivity index (χ3v) is 5.09. The summed E-state index contributed by atoms with van der Waals surface area (Å²) in [6, 6.07) is 3.93. The maximum Gasteiger partial charge on any atom is 0.143 e. The summed E-state index contributed by atoms with van der Waals surface area (Å²) in [6.45, 7) is 8.08. The Hall–Kier alpha value is -2.56. The molecule has 120 valence electrons. The number of benzene rings is 2. The van der Waals surface area contributed by atoms with Gasteiger partial charge in [-0.15, -0.1) is 0 Å². The number of phenols is 2. The van der Waals surface area contributed by atoms with Gasteiger partial charge < -0.3 is 25.7 Å². The van der Waals surface area contributed by atoms with E-state index in [1.165, 1.54) is 5.56 Å². The first-order chi connectivity index (χ1) is 10.9. The van der Waals surface area contributed by atoms with E-state index in [0.717, 1.165) is 53.4 Å². The van der Waals surface area contributed by atoms with Gasteiger partial charge in [0, 0.05) is 24.2 Å². The maximum absolute atomic E-state index is 10.3. The lowest BCUT2D eigenvalue weighted by Crippen LogP contribution is -2.46. The summed E-state index contributed by atoms with van der Waals surface area (Å²) in [4.78, 5) is 4.54. The predicted molar refractivity (Wildman–Crippen MR) is 92.1 cm³/mol. The molecule has 4 N–H and O–H groups in total. The molecule has 0 amide bonds. The highest BCUT2D eigenvalue weighted by Gasteiger charge is 2.33. The molecule has 0 fully saturated rings. The fourth-order valence-corrected chi connectivity index (χ4v) is 4.08. The van der Waals surface area contributed by atoms with E-state index < -0.39 is 0 Å². The number of hydrogen-bond acceptors (Lipinski definition) is 5. The quantitative estimate of drug-likeness (QED) is 0.515. The molecule has 0 spiro atoms. The molecule has 0 atom stereocenters. The zero-order valence-corrected chi connectivity index (χ0v) is 13.6. The molecule has 0 saturated heterocycles. The number of nitrogen functional groups attached to an aromatic ring is 1. The predicted octanol–water partition coefficient (Wildman–Crippen LogP) is 2.90. The first-order valence-electron chi connectivity index (χ1n) is 7.81. The summed E-state index contributed by atoms with van der Waals surface area (Å²) in [5.74, 6) is 0.561. The van der Waals surface area contributed by atoms with E-state index in [0.29, 0.717) is 11.4 Å². The fourth-order valence-electron chi connectivity index (χ4n) is 4.08. The second kappa shape index (κ2) is 4.47. The molecule has 2 aromatic carbocycles. The van der Waals surface area contributed by atoms with E-state index in [4.69, 9.17) is 5.73 Å². The minimum absolute atomic E-state index is 0.182. The second-order valence-electron chi connectivity index (χ2n) is 6.66. The van der Waals surface area contributed by atoms with E-state index in [2.05, 4.69) is 15.9 Å². The van der Waals surface area contributed by atoms with Crippen molar-refractivity contribution in [2.45, 2.75) is 33.9 Å². The Morgan fingerprint density at radius 2 is 1.39 bits per heavy atom. The number of nitrogens with zero attached hydrogens (tertiary/aromatic N) is 2. The molecular formula is C18H21N3O2. The van der Waals surface area contributed by atoms with Gasteiger partial charge in [-0.2, -0.15) is 0 Å². The summed E-state index contributed by atoms with van der Waals surface area (Å²) in [6.07, 6.45) is 0. The van der Waals surface area contributed by atoms with Crippen LogP contribution in [0.5, 0.6) is 11.5 Å². The first-order valence-corrected chi connectivity index (χ1v) is 7.81. The van der Waals surface area contributed by atoms with Gasteiger partial charge in [-0.05, 0) is 49.6 Å². The smallest absolute Gasteiger partial charge is 0.143 e. The maximum atomic E-state index is 10.3. The van der Waals surface area contributed by atoms with Gasteiger partial charge in [-0.1, -0.05) is 0 Å². The highest BCUT2D eigenvalue weighted by atomic mass is 16.3. The van der Waals surface area contributed by atoms with Crippen LogP contribution in [-0.4, -0.2) is 16.9 Å². The number of anilines is 3. The Balaban J connectivity index is 1.91. The third-order valence-electron chi connectivity index (χ3n) is 5.09. The lowest BCUT2D eigenvalue weighted by Gasteiger charge is -2.46. The van der Waals surface area contributed by atoms with Crippen LogP contribution >= 0.6 is 0 Å². The molecule has 0 aromatic heterocycles. The van der Waals surface area contributed by atoms with Crippen molar-refractivity contribution in [2.24, 2.45) is 0 Å². The molecule has 2 aliphatic rings. The third kappa shape index (κ3) is 1.79. The molecule has 23 heavy (non-hydrogen) atoms. The van der Waals surface area contributed by atoms with E-state index in [-0.39, 0.29) is 5.75 Å². The number of aromatic hydroxyl groups is 2. The number of hydrogen-bond donors (Lipinski definition) is 3. The molecule has 2 bridgehead atoms. The van der Waals surface area contributed by atoms with E-state index >= 15 is 0 Å². The number of aryl methyl sites for hydroxylation is 1. The normalized spacial score (nSPS) is 15.4. The molecule has 2 aromatic rings. The standard InChI is InChI=1S/C18H21N3O2/c1-9-4-12-6-20-8-21(15(12)10(2)17(9)22)7-13-5-14(19)18(23)11(3)16(13)20/h4-5,22-23H,6-8,19H2,1-3H3. The molecule has 2 heterocycles. The van der Waals surface area contributed by atoms with Crippen LogP contribution in [0.1, 0.15) is 27.8 Å². The molecule has 0 unspecified atom stereocenters. The van der Waals surface area contributed by atoms with Gasteiger partial charge in [-0.25, -0.2) is 0 Å². The van der Waals surface area contributed by atoms with Crippen LogP contribution in [0.2, 0.25) is 0 Å². The van der Waals surface area contributed by atoms with Gasteiger partial charge in [0.25, 0.3) is 0 Å². The molecule has 5 heteroatoms. The number of rotatable bonds is 0. The minimum atomic E-state index is 0.182. The fraction of sp³-hybridized carbons (Fsp3) is 0.333. The van der Waals surface area contributed by atoms with Gasteiger partial charge >= 0.3 is 0 Å². The summed E-state index contributed by atoms with van der Waals surface area (Å²) >= 11 is 0. The van der Waals surface area contributed by atoms with Crippen molar-refractivity contribution in [3.8, 4) is 11.5 Å². The molecular weight excluding hydrogens is 290 g/mol. The Morgan fingerprint density at radius 1 is 0.870 bits per heavy atom. The second-order valence-corrected chi connectivity index (χ2v) is 6.66. The molecule has 0 aliphatic carbocycles. The van der Waals surface area contributed by atoms with Crippen LogP contribution in [0.3, 0.4) is 0 Å². The molecule has 4 rings (SSSR count). The minimum Gasteiger partial charge on any atom is -0.507 e.